The molecule has 2 aliphatic rings. The Morgan fingerprint density at radius 2 is 1.75 bits per heavy atom. The second-order valence-electron chi connectivity index (χ2n) is 7.66. The van der Waals surface area contributed by atoms with Crippen molar-refractivity contribution in [1.82, 2.24) is 9.97 Å². The number of pyridine rings is 2. The van der Waals surface area contributed by atoms with Gasteiger partial charge in [0.15, 0.2) is 11.3 Å². The van der Waals surface area contributed by atoms with Gasteiger partial charge in [-0.2, -0.15) is 4.39 Å². The van der Waals surface area contributed by atoms with Gasteiger partial charge in [0.2, 0.25) is 5.95 Å². The third kappa shape index (κ3) is 2.75. The molecule has 0 aliphatic carbocycles. The average molecular weight is 424 g/mol. The normalized spacial score (nSPS) is 18.3. The van der Waals surface area contributed by atoms with Crippen molar-refractivity contribution < 1.29 is 13.9 Å². The zero-order valence-corrected chi connectivity index (χ0v) is 16.8. The van der Waals surface area contributed by atoms with Crippen LogP contribution in [0.15, 0.2) is 84.0 Å². The highest BCUT2D eigenvalue weighted by Gasteiger charge is 2.48. The number of ether oxygens (including phenoxy) is 2. The molecule has 0 unspecified atom stereocenters. The summed E-state index contributed by atoms with van der Waals surface area (Å²) in [6, 6.07) is 22.6. The van der Waals surface area contributed by atoms with Crippen molar-refractivity contribution in [3.05, 3.63) is 96.2 Å². The SMILES string of the molecule is NC1=N[C@@]2(CO1)c1cc(-c3cccnc3F)ccc1Oc1ccc(-c3ccccc3)nc12. The molecule has 2 N–H and O–H groups in total. The predicted molar refractivity (Wildman–Crippen MR) is 118 cm³/mol. The zero-order valence-electron chi connectivity index (χ0n) is 16.8. The number of hydrogen-bond donors (Lipinski definition) is 1. The lowest BCUT2D eigenvalue weighted by Gasteiger charge is -2.33. The van der Waals surface area contributed by atoms with Gasteiger partial charge in [-0.15, -0.1) is 0 Å². The number of nitrogens with two attached hydrogens (primary N) is 1. The summed E-state index contributed by atoms with van der Waals surface area (Å²) in [5, 5.41) is 0. The van der Waals surface area contributed by atoms with E-state index in [4.69, 9.17) is 20.2 Å². The number of rotatable bonds is 2. The van der Waals surface area contributed by atoms with Crippen LogP contribution in [-0.2, 0) is 10.3 Å². The van der Waals surface area contributed by atoms with Gasteiger partial charge in [-0.05, 0) is 42.0 Å². The topological polar surface area (TPSA) is 82.6 Å². The Morgan fingerprint density at radius 1 is 0.906 bits per heavy atom. The molecule has 0 saturated carbocycles. The van der Waals surface area contributed by atoms with Gasteiger partial charge in [0.05, 0.1) is 5.69 Å². The Kier molecular flexibility index (Phi) is 3.98. The minimum Gasteiger partial charge on any atom is -0.462 e. The summed E-state index contributed by atoms with van der Waals surface area (Å²) >= 11 is 0. The Bertz CT molecular complexity index is 1390. The highest BCUT2D eigenvalue weighted by molar-refractivity contribution is 5.78. The highest BCUT2D eigenvalue weighted by Crippen LogP contribution is 2.51. The molecule has 1 spiro atoms. The van der Waals surface area contributed by atoms with Crippen molar-refractivity contribution in [3.63, 3.8) is 0 Å². The first-order valence-electron chi connectivity index (χ1n) is 10.1. The number of aromatic nitrogens is 2. The van der Waals surface area contributed by atoms with Crippen LogP contribution in [0, 0.1) is 5.95 Å². The van der Waals surface area contributed by atoms with Crippen molar-refractivity contribution in [1.29, 1.82) is 0 Å². The van der Waals surface area contributed by atoms with Gasteiger partial charge in [-0.25, -0.2) is 15.0 Å². The second kappa shape index (κ2) is 6.88. The molecule has 156 valence electrons. The first-order valence-corrected chi connectivity index (χ1v) is 10.1. The molecule has 0 amide bonds. The standard InChI is InChI=1S/C25H17FN4O2/c26-23-17(7-4-12-28-23)16-8-10-20-18(13-16)25(14-31-24(27)30-25)22-21(32-20)11-9-19(29-22)15-5-2-1-3-6-15/h1-13H,14H2,(H2,27,30)/t25-/m0/s1. The number of benzene rings is 2. The second-order valence-corrected chi connectivity index (χ2v) is 7.66. The van der Waals surface area contributed by atoms with E-state index < -0.39 is 11.5 Å². The van der Waals surface area contributed by atoms with Gasteiger partial charge in [0.25, 0.3) is 6.02 Å². The largest absolute Gasteiger partial charge is 0.462 e. The molecule has 7 heteroatoms. The molecule has 6 nitrogen and oxygen atoms in total. The molecule has 4 heterocycles. The van der Waals surface area contributed by atoms with E-state index in [9.17, 15) is 4.39 Å². The number of hydrogen-bond acceptors (Lipinski definition) is 6. The molecule has 2 aromatic heterocycles. The smallest absolute Gasteiger partial charge is 0.283 e. The summed E-state index contributed by atoms with van der Waals surface area (Å²) in [5.41, 5.74) is 9.09. The Hall–Kier alpha value is -4.26. The van der Waals surface area contributed by atoms with Crippen LogP contribution in [0.2, 0.25) is 0 Å². The monoisotopic (exact) mass is 424 g/mol. The lowest BCUT2D eigenvalue weighted by Crippen LogP contribution is -2.32. The number of amidine groups is 1. The molecule has 0 fully saturated rings. The fourth-order valence-electron chi connectivity index (χ4n) is 4.24. The number of halogens is 1. The van der Waals surface area contributed by atoms with Gasteiger partial charge >= 0.3 is 0 Å². The van der Waals surface area contributed by atoms with Gasteiger partial charge in [-0.1, -0.05) is 36.4 Å². The lowest BCUT2D eigenvalue weighted by molar-refractivity contribution is 0.260. The van der Waals surface area contributed by atoms with E-state index >= 15 is 0 Å². The van der Waals surface area contributed by atoms with Crippen LogP contribution in [0.3, 0.4) is 0 Å². The van der Waals surface area contributed by atoms with Crippen LogP contribution in [0.1, 0.15) is 11.3 Å². The molecular formula is C25H17FN4O2. The first kappa shape index (κ1) is 18.5. The van der Waals surface area contributed by atoms with Crippen LogP contribution >= 0.6 is 0 Å². The summed E-state index contributed by atoms with van der Waals surface area (Å²) in [5.74, 6) is 0.634. The fourth-order valence-corrected chi connectivity index (χ4v) is 4.24. The number of fused-ring (bicyclic) bond motifs is 4. The Balaban J connectivity index is 1.57. The maximum atomic E-state index is 14.4. The fraction of sp³-hybridized carbons (Fsp3) is 0.0800. The maximum absolute atomic E-state index is 14.4. The maximum Gasteiger partial charge on any atom is 0.283 e. The van der Waals surface area contributed by atoms with E-state index in [0.29, 0.717) is 33.9 Å². The van der Waals surface area contributed by atoms with Crippen molar-refractivity contribution in [3.8, 4) is 33.9 Å². The minimum atomic E-state index is -0.994. The number of aliphatic imine (C=N–C) groups is 1. The van der Waals surface area contributed by atoms with E-state index in [-0.39, 0.29) is 12.6 Å². The van der Waals surface area contributed by atoms with Crippen molar-refractivity contribution in [2.75, 3.05) is 6.61 Å². The van der Waals surface area contributed by atoms with Gasteiger partial charge in [-0.3, -0.25) is 0 Å². The van der Waals surface area contributed by atoms with Crippen LogP contribution in [0.4, 0.5) is 4.39 Å². The summed E-state index contributed by atoms with van der Waals surface area (Å²) < 4.78 is 26.2. The van der Waals surface area contributed by atoms with Gasteiger partial charge in [0, 0.05) is 22.9 Å². The highest BCUT2D eigenvalue weighted by atomic mass is 19.1. The molecular weight excluding hydrogens is 407 g/mol. The van der Waals surface area contributed by atoms with Gasteiger partial charge < -0.3 is 15.2 Å². The van der Waals surface area contributed by atoms with E-state index in [2.05, 4.69) is 9.98 Å². The first-order chi connectivity index (χ1) is 15.6. The molecule has 0 radical (unpaired) electrons. The van der Waals surface area contributed by atoms with Crippen LogP contribution in [0.5, 0.6) is 11.5 Å². The van der Waals surface area contributed by atoms with Crippen LogP contribution in [0.25, 0.3) is 22.4 Å². The van der Waals surface area contributed by atoms with E-state index in [0.717, 1.165) is 11.3 Å². The third-order valence-electron chi connectivity index (χ3n) is 5.76. The average Bonchev–Trinajstić information content (AvgIpc) is 3.22. The molecule has 2 aromatic carbocycles. The third-order valence-corrected chi connectivity index (χ3v) is 5.76. The Labute approximate surface area is 183 Å². The summed E-state index contributed by atoms with van der Waals surface area (Å²) in [6.07, 6.45) is 1.42. The van der Waals surface area contributed by atoms with E-state index in [1.54, 1.807) is 24.3 Å². The molecule has 4 aromatic rings. The van der Waals surface area contributed by atoms with Crippen molar-refractivity contribution in [2.45, 2.75) is 5.54 Å². The van der Waals surface area contributed by atoms with E-state index in [1.165, 1.54) is 6.20 Å². The zero-order chi connectivity index (χ0) is 21.7. The molecule has 6 rings (SSSR count). The Morgan fingerprint density at radius 3 is 2.53 bits per heavy atom. The van der Waals surface area contributed by atoms with Crippen molar-refractivity contribution in [2.24, 2.45) is 10.7 Å². The predicted octanol–water partition coefficient (Wildman–Crippen LogP) is 4.64. The molecule has 0 bridgehead atoms. The minimum absolute atomic E-state index is 0.0775. The van der Waals surface area contributed by atoms with E-state index in [1.807, 2.05) is 48.5 Å². The summed E-state index contributed by atoms with van der Waals surface area (Å²) in [6.45, 7) is 0.173. The summed E-state index contributed by atoms with van der Waals surface area (Å²) in [7, 11) is 0. The quantitative estimate of drug-likeness (QED) is 0.474. The molecule has 2 aliphatic heterocycles. The lowest BCUT2D eigenvalue weighted by atomic mass is 9.83. The molecule has 0 saturated heterocycles. The number of nitrogens with zero attached hydrogens (tertiary/aromatic N) is 3. The van der Waals surface area contributed by atoms with Crippen molar-refractivity contribution >= 4 is 6.02 Å². The summed E-state index contributed by atoms with van der Waals surface area (Å²) in [4.78, 5) is 13.4. The van der Waals surface area contributed by atoms with Crippen LogP contribution < -0.4 is 10.5 Å². The molecule has 32 heavy (non-hydrogen) atoms. The molecule has 1 atom stereocenters. The van der Waals surface area contributed by atoms with Crippen LogP contribution in [-0.4, -0.2) is 22.6 Å². The van der Waals surface area contributed by atoms with Gasteiger partial charge in [0.1, 0.15) is 18.1 Å².